The summed E-state index contributed by atoms with van der Waals surface area (Å²) in [6.07, 6.45) is 6.19. The lowest BCUT2D eigenvalue weighted by atomic mass is 9.90. The zero-order valence-electron chi connectivity index (χ0n) is 18.0. The third-order valence-electron chi connectivity index (χ3n) is 6.16. The average Bonchev–Trinajstić information content (AvgIpc) is 3.50. The number of aromatic nitrogens is 4. The summed E-state index contributed by atoms with van der Waals surface area (Å²) in [5.74, 6) is 1.29. The minimum atomic E-state index is 0.158. The van der Waals surface area contributed by atoms with Gasteiger partial charge in [0.1, 0.15) is 0 Å². The van der Waals surface area contributed by atoms with Crippen molar-refractivity contribution in [1.29, 1.82) is 0 Å². The zero-order chi connectivity index (χ0) is 20.9. The fourth-order valence-corrected chi connectivity index (χ4v) is 4.42. The van der Waals surface area contributed by atoms with E-state index in [-0.39, 0.29) is 6.04 Å². The molecule has 2 fully saturated rings. The number of hydrogen-bond acceptors (Lipinski definition) is 8. The van der Waals surface area contributed by atoms with Gasteiger partial charge in [-0.25, -0.2) is 0 Å². The first kappa shape index (κ1) is 21.1. The van der Waals surface area contributed by atoms with E-state index < -0.39 is 0 Å². The van der Waals surface area contributed by atoms with Crippen LogP contribution in [-0.2, 0) is 9.47 Å². The molecule has 2 aliphatic heterocycles. The van der Waals surface area contributed by atoms with Gasteiger partial charge in [-0.15, -0.1) is 0 Å². The Labute approximate surface area is 177 Å². The second-order valence-electron chi connectivity index (χ2n) is 8.23. The molecule has 2 aliphatic rings. The van der Waals surface area contributed by atoms with Gasteiger partial charge < -0.3 is 24.7 Å². The number of nitrogens with zero attached hydrogens (tertiary/aromatic N) is 4. The molecule has 2 aromatic rings. The van der Waals surface area contributed by atoms with E-state index in [1.165, 1.54) is 0 Å². The van der Waals surface area contributed by atoms with E-state index >= 15 is 0 Å². The van der Waals surface area contributed by atoms with Crippen LogP contribution in [0.1, 0.15) is 51.5 Å². The number of rotatable bonds is 10. The molecular formula is C21H33N5O4. The first-order chi connectivity index (χ1) is 14.7. The normalized spacial score (nSPS) is 22.6. The van der Waals surface area contributed by atoms with Gasteiger partial charge in [-0.05, 0) is 38.0 Å². The van der Waals surface area contributed by atoms with Crippen LogP contribution in [-0.4, -0.2) is 59.7 Å². The molecule has 0 radical (unpaired) electrons. The Bertz CT molecular complexity index is 830. The molecule has 4 rings (SSSR count). The van der Waals surface area contributed by atoms with Gasteiger partial charge >= 0.3 is 6.01 Å². The van der Waals surface area contributed by atoms with Crippen LogP contribution in [0, 0.1) is 11.8 Å². The molecule has 9 heteroatoms. The van der Waals surface area contributed by atoms with E-state index in [0.717, 1.165) is 65.0 Å². The monoisotopic (exact) mass is 419 g/mol. The van der Waals surface area contributed by atoms with Gasteiger partial charge in [-0.3, -0.25) is 4.57 Å². The molecule has 0 spiro atoms. The highest BCUT2D eigenvalue weighted by molar-refractivity contribution is 5.83. The van der Waals surface area contributed by atoms with Crippen molar-refractivity contribution in [3.05, 3.63) is 0 Å². The molecule has 4 heterocycles. The lowest BCUT2D eigenvalue weighted by Crippen LogP contribution is -2.22. The molecule has 0 aromatic carbocycles. The van der Waals surface area contributed by atoms with Crippen molar-refractivity contribution < 1.29 is 18.9 Å². The maximum absolute atomic E-state index is 6.22. The Morgan fingerprint density at radius 2 is 2.00 bits per heavy atom. The second-order valence-corrected chi connectivity index (χ2v) is 8.23. The lowest BCUT2D eigenvalue weighted by molar-refractivity contribution is 0.162. The summed E-state index contributed by atoms with van der Waals surface area (Å²) in [4.78, 5) is 13.6. The predicted molar refractivity (Wildman–Crippen MR) is 113 cm³/mol. The molecule has 3 unspecified atom stereocenters. The van der Waals surface area contributed by atoms with Crippen LogP contribution in [0.5, 0.6) is 12.0 Å². The van der Waals surface area contributed by atoms with Crippen molar-refractivity contribution in [3.63, 3.8) is 0 Å². The van der Waals surface area contributed by atoms with E-state index in [4.69, 9.17) is 29.7 Å². The van der Waals surface area contributed by atoms with E-state index in [9.17, 15) is 0 Å². The molecule has 2 saturated heterocycles. The van der Waals surface area contributed by atoms with Gasteiger partial charge in [0.25, 0.3) is 6.01 Å². The van der Waals surface area contributed by atoms with Gasteiger partial charge in [0.15, 0.2) is 17.0 Å². The average molecular weight is 420 g/mol. The minimum absolute atomic E-state index is 0.158. The number of hydrogen-bond donors (Lipinski definition) is 1. The Morgan fingerprint density at radius 1 is 1.17 bits per heavy atom. The SMILES string of the molecule is CCCCOc1nc(N)c2nc(OC)n(C(CCC3CCOC3)C3CCOC3)c2n1. The van der Waals surface area contributed by atoms with Gasteiger partial charge in [0.2, 0.25) is 0 Å². The summed E-state index contributed by atoms with van der Waals surface area (Å²) in [5, 5.41) is 0. The van der Waals surface area contributed by atoms with Crippen molar-refractivity contribution in [2.24, 2.45) is 11.8 Å². The highest BCUT2D eigenvalue weighted by atomic mass is 16.5. The summed E-state index contributed by atoms with van der Waals surface area (Å²) in [5.41, 5.74) is 7.45. The maximum atomic E-state index is 6.22. The van der Waals surface area contributed by atoms with E-state index in [2.05, 4.69) is 21.5 Å². The molecule has 9 nitrogen and oxygen atoms in total. The third kappa shape index (κ3) is 4.46. The number of methoxy groups -OCH3 is 1. The van der Waals surface area contributed by atoms with Gasteiger partial charge in [0, 0.05) is 31.8 Å². The third-order valence-corrected chi connectivity index (χ3v) is 6.16. The molecule has 30 heavy (non-hydrogen) atoms. The summed E-state index contributed by atoms with van der Waals surface area (Å²) < 4.78 is 24.8. The summed E-state index contributed by atoms with van der Waals surface area (Å²) in [7, 11) is 1.63. The molecule has 2 aromatic heterocycles. The van der Waals surface area contributed by atoms with Crippen LogP contribution >= 0.6 is 0 Å². The second kappa shape index (κ2) is 9.78. The largest absolute Gasteiger partial charge is 0.468 e. The van der Waals surface area contributed by atoms with Crippen LogP contribution in [0.3, 0.4) is 0 Å². The number of fused-ring (bicyclic) bond motifs is 1. The van der Waals surface area contributed by atoms with E-state index in [1.54, 1.807) is 7.11 Å². The number of nitrogen functional groups attached to an aromatic ring is 1. The first-order valence-electron chi connectivity index (χ1n) is 11.1. The lowest BCUT2D eigenvalue weighted by Gasteiger charge is -2.26. The summed E-state index contributed by atoms with van der Waals surface area (Å²) in [6, 6.07) is 0.963. The highest BCUT2D eigenvalue weighted by Crippen LogP contribution is 2.38. The maximum Gasteiger partial charge on any atom is 0.320 e. The first-order valence-corrected chi connectivity index (χ1v) is 11.1. The van der Waals surface area contributed by atoms with Gasteiger partial charge in [-0.2, -0.15) is 15.0 Å². The van der Waals surface area contributed by atoms with E-state index in [1.807, 2.05) is 0 Å². The molecule has 0 amide bonds. The standard InChI is InChI=1S/C21H33N5O4/c1-3-4-9-30-20-24-18(22)17-19(25-20)26(21(23-17)27-2)16(15-8-11-29-13-15)6-5-14-7-10-28-12-14/h14-16H,3-13H2,1-2H3,(H2,22,24,25). The van der Waals surface area contributed by atoms with Crippen molar-refractivity contribution in [3.8, 4) is 12.0 Å². The van der Waals surface area contributed by atoms with Crippen LogP contribution < -0.4 is 15.2 Å². The Morgan fingerprint density at radius 3 is 2.70 bits per heavy atom. The van der Waals surface area contributed by atoms with Crippen molar-refractivity contribution in [2.75, 3.05) is 45.9 Å². The molecule has 2 N–H and O–H groups in total. The molecule has 0 bridgehead atoms. The van der Waals surface area contributed by atoms with Gasteiger partial charge in [0.05, 0.1) is 20.3 Å². The number of imidazole rings is 1. The molecule has 3 atom stereocenters. The number of unbranched alkanes of at least 4 members (excludes halogenated alkanes) is 1. The fourth-order valence-electron chi connectivity index (χ4n) is 4.42. The molecule has 0 aliphatic carbocycles. The van der Waals surface area contributed by atoms with Crippen LogP contribution in [0.2, 0.25) is 0 Å². The smallest absolute Gasteiger partial charge is 0.320 e. The Balaban J connectivity index is 1.69. The van der Waals surface area contributed by atoms with Crippen molar-refractivity contribution in [1.82, 2.24) is 19.5 Å². The summed E-state index contributed by atoms with van der Waals surface area (Å²) >= 11 is 0. The zero-order valence-corrected chi connectivity index (χ0v) is 18.0. The molecular weight excluding hydrogens is 386 g/mol. The number of ether oxygens (including phenoxy) is 4. The van der Waals surface area contributed by atoms with Crippen LogP contribution in [0.15, 0.2) is 0 Å². The van der Waals surface area contributed by atoms with Crippen LogP contribution in [0.4, 0.5) is 5.82 Å². The topological polar surface area (TPSA) is 107 Å². The summed E-state index contributed by atoms with van der Waals surface area (Å²) in [6.45, 7) is 5.90. The Kier molecular flexibility index (Phi) is 6.89. The molecule has 166 valence electrons. The highest BCUT2D eigenvalue weighted by Gasteiger charge is 2.33. The van der Waals surface area contributed by atoms with Crippen molar-refractivity contribution >= 4 is 17.0 Å². The predicted octanol–water partition coefficient (Wildman–Crippen LogP) is 2.99. The molecule has 0 saturated carbocycles. The quantitative estimate of drug-likeness (QED) is 0.586. The minimum Gasteiger partial charge on any atom is -0.468 e. The number of anilines is 1. The number of nitrogens with two attached hydrogens (primary N) is 1. The Hall–Kier alpha value is -2.13. The van der Waals surface area contributed by atoms with Crippen LogP contribution in [0.25, 0.3) is 11.2 Å². The fraction of sp³-hybridized carbons (Fsp3) is 0.762. The van der Waals surface area contributed by atoms with Gasteiger partial charge in [-0.1, -0.05) is 13.3 Å². The van der Waals surface area contributed by atoms with Crippen molar-refractivity contribution in [2.45, 2.75) is 51.5 Å². The van der Waals surface area contributed by atoms with E-state index in [0.29, 0.717) is 47.4 Å².